The number of aliphatic hydroxyl groups excluding tert-OH is 1. The number of thioether (sulfide) groups is 1. The van der Waals surface area contributed by atoms with Crippen LogP contribution in [0.3, 0.4) is 0 Å². The summed E-state index contributed by atoms with van der Waals surface area (Å²) in [6, 6.07) is 0. The van der Waals surface area contributed by atoms with Gasteiger partial charge < -0.3 is 15.0 Å². The van der Waals surface area contributed by atoms with E-state index in [1.165, 1.54) is 12.8 Å². The van der Waals surface area contributed by atoms with Crippen molar-refractivity contribution in [3.05, 3.63) is 11.9 Å². The summed E-state index contributed by atoms with van der Waals surface area (Å²) in [5.41, 5.74) is 0.821. The predicted octanol–water partition coefficient (Wildman–Crippen LogP) is 1.70. The SMILES string of the molecule is Cn1c(CO)cnc1SCCCNC(=O)C1CCCC1. The number of carbonyl (C=O) groups excluding carboxylic acids is 1. The molecule has 6 heteroatoms. The molecule has 0 aliphatic heterocycles. The molecule has 1 aromatic heterocycles. The smallest absolute Gasteiger partial charge is 0.223 e. The second-order valence-corrected chi connectivity index (χ2v) is 6.29. The third kappa shape index (κ3) is 3.99. The van der Waals surface area contributed by atoms with Gasteiger partial charge in [-0.3, -0.25) is 4.79 Å². The van der Waals surface area contributed by atoms with Crippen LogP contribution in [-0.4, -0.2) is 32.9 Å². The van der Waals surface area contributed by atoms with Crippen molar-refractivity contribution in [1.82, 2.24) is 14.9 Å². The number of nitrogens with one attached hydrogen (secondary N) is 1. The highest BCUT2D eigenvalue weighted by molar-refractivity contribution is 7.99. The molecule has 1 fully saturated rings. The molecule has 5 nitrogen and oxygen atoms in total. The molecule has 0 aromatic carbocycles. The first-order chi connectivity index (χ1) is 9.72. The largest absolute Gasteiger partial charge is 0.390 e. The van der Waals surface area contributed by atoms with E-state index in [0.29, 0.717) is 0 Å². The van der Waals surface area contributed by atoms with Crippen molar-refractivity contribution >= 4 is 17.7 Å². The Hall–Kier alpha value is -1.01. The Balaban J connectivity index is 1.61. The summed E-state index contributed by atoms with van der Waals surface area (Å²) in [5, 5.41) is 13.0. The van der Waals surface area contributed by atoms with Crippen molar-refractivity contribution in [3.8, 4) is 0 Å². The fraction of sp³-hybridized carbons (Fsp3) is 0.714. The van der Waals surface area contributed by atoms with Crippen molar-refractivity contribution in [3.63, 3.8) is 0 Å². The van der Waals surface area contributed by atoms with Crippen LogP contribution in [0.2, 0.25) is 0 Å². The van der Waals surface area contributed by atoms with Crippen LogP contribution in [0.5, 0.6) is 0 Å². The molecule has 1 aliphatic carbocycles. The first-order valence-corrected chi connectivity index (χ1v) is 8.23. The number of rotatable bonds is 7. The maximum Gasteiger partial charge on any atom is 0.223 e. The molecule has 1 heterocycles. The molecule has 0 bridgehead atoms. The Kier molecular flexibility index (Phi) is 5.91. The number of nitrogens with zero attached hydrogens (tertiary/aromatic N) is 2. The number of amides is 1. The van der Waals surface area contributed by atoms with E-state index < -0.39 is 0 Å². The van der Waals surface area contributed by atoms with Gasteiger partial charge in [0, 0.05) is 25.3 Å². The zero-order valence-corrected chi connectivity index (χ0v) is 12.8. The van der Waals surface area contributed by atoms with E-state index in [0.717, 1.165) is 42.4 Å². The molecule has 0 atom stereocenters. The number of hydrogen-bond acceptors (Lipinski definition) is 4. The van der Waals surface area contributed by atoms with Crippen LogP contribution in [0.1, 0.15) is 37.8 Å². The van der Waals surface area contributed by atoms with Gasteiger partial charge in [-0.05, 0) is 19.3 Å². The minimum Gasteiger partial charge on any atom is -0.390 e. The van der Waals surface area contributed by atoms with Crippen molar-refractivity contribution < 1.29 is 9.90 Å². The molecule has 0 unspecified atom stereocenters. The molecular weight excluding hydrogens is 274 g/mol. The summed E-state index contributed by atoms with van der Waals surface area (Å²) in [6.07, 6.45) is 7.13. The standard InChI is InChI=1S/C14H23N3O2S/c1-17-12(10-18)9-16-14(17)20-8-4-7-15-13(19)11-5-2-3-6-11/h9,11,18H,2-8,10H2,1H3,(H,15,19). The fourth-order valence-electron chi connectivity index (χ4n) is 2.49. The van der Waals surface area contributed by atoms with Gasteiger partial charge >= 0.3 is 0 Å². The Morgan fingerprint density at radius 3 is 2.95 bits per heavy atom. The topological polar surface area (TPSA) is 67.2 Å². The fourth-order valence-corrected chi connectivity index (χ4v) is 3.40. The first-order valence-electron chi connectivity index (χ1n) is 7.24. The lowest BCUT2D eigenvalue weighted by Crippen LogP contribution is -2.30. The van der Waals surface area contributed by atoms with Gasteiger partial charge in [0.05, 0.1) is 18.5 Å². The van der Waals surface area contributed by atoms with Crippen LogP contribution in [0, 0.1) is 5.92 Å². The lowest BCUT2D eigenvalue weighted by atomic mass is 10.1. The van der Waals surface area contributed by atoms with Crippen LogP contribution >= 0.6 is 11.8 Å². The van der Waals surface area contributed by atoms with E-state index in [1.807, 2.05) is 11.6 Å². The van der Waals surface area contributed by atoms with Crippen LogP contribution in [0.15, 0.2) is 11.4 Å². The van der Waals surface area contributed by atoms with E-state index in [-0.39, 0.29) is 18.4 Å². The number of carbonyl (C=O) groups is 1. The maximum atomic E-state index is 11.8. The number of aromatic nitrogens is 2. The van der Waals surface area contributed by atoms with Gasteiger partial charge in [0.1, 0.15) is 0 Å². The zero-order chi connectivity index (χ0) is 14.4. The van der Waals surface area contributed by atoms with E-state index in [2.05, 4.69) is 10.3 Å². The van der Waals surface area contributed by atoms with Crippen molar-refractivity contribution in [2.75, 3.05) is 12.3 Å². The van der Waals surface area contributed by atoms with Gasteiger partial charge in [-0.15, -0.1) is 0 Å². The Bertz CT molecular complexity index is 442. The van der Waals surface area contributed by atoms with Gasteiger partial charge in [0.15, 0.2) is 5.16 Å². The van der Waals surface area contributed by atoms with Crippen LogP contribution in [-0.2, 0) is 18.4 Å². The molecule has 1 aromatic rings. The number of imidazole rings is 1. The van der Waals surface area contributed by atoms with Gasteiger partial charge in [0.25, 0.3) is 0 Å². The molecular formula is C14H23N3O2S. The van der Waals surface area contributed by atoms with E-state index in [1.54, 1.807) is 18.0 Å². The van der Waals surface area contributed by atoms with Crippen LogP contribution < -0.4 is 5.32 Å². The van der Waals surface area contributed by atoms with Gasteiger partial charge in [-0.25, -0.2) is 4.98 Å². The minimum atomic E-state index is 0.0154. The molecule has 1 amide bonds. The molecule has 2 N–H and O–H groups in total. The second-order valence-electron chi connectivity index (χ2n) is 5.22. The van der Waals surface area contributed by atoms with Gasteiger partial charge in [-0.2, -0.15) is 0 Å². The third-order valence-electron chi connectivity index (χ3n) is 3.78. The molecule has 2 rings (SSSR count). The molecule has 0 spiro atoms. The molecule has 1 aliphatic rings. The van der Waals surface area contributed by atoms with Crippen LogP contribution in [0.4, 0.5) is 0 Å². The van der Waals surface area contributed by atoms with Crippen molar-refractivity contribution in [2.24, 2.45) is 13.0 Å². The monoisotopic (exact) mass is 297 g/mol. The summed E-state index contributed by atoms with van der Waals surface area (Å²) in [4.78, 5) is 16.1. The Morgan fingerprint density at radius 1 is 1.55 bits per heavy atom. The number of hydrogen-bond donors (Lipinski definition) is 2. The van der Waals surface area contributed by atoms with E-state index in [9.17, 15) is 4.79 Å². The third-order valence-corrected chi connectivity index (χ3v) is 4.91. The lowest BCUT2D eigenvalue weighted by molar-refractivity contribution is -0.124. The van der Waals surface area contributed by atoms with Crippen molar-refractivity contribution in [1.29, 1.82) is 0 Å². The summed E-state index contributed by atoms with van der Waals surface area (Å²) < 4.78 is 1.90. The summed E-state index contributed by atoms with van der Waals surface area (Å²) in [6.45, 7) is 0.751. The lowest BCUT2D eigenvalue weighted by Gasteiger charge is -2.10. The molecule has 20 heavy (non-hydrogen) atoms. The highest BCUT2D eigenvalue weighted by Crippen LogP contribution is 2.24. The summed E-state index contributed by atoms with van der Waals surface area (Å²) >= 11 is 1.66. The molecule has 0 radical (unpaired) electrons. The quantitative estimate of drug-likeness (QED) is 0.594. The molecule has 0 saturated heterocycles. The van der Waals surface area contributed by atoms with Crippen molar-refractivity contribution in [2.45, 2.75) is 43.9 Å². The van der Waals surface area contributed by atoms with Crippen LogP contribution in [0.25, 0.3) is 0 Å². The first kappa shape index (κ1) is 15.4. The normalized spacial score (nSPS) is 15.7. The molecule has 1 saturated carbocycles. The maximum absolute atomic E-state index is 11.8. The highest BCUT2D eigenvalue weighted by Gasteiger charge is 2.21. The van der Waals surface area contributed by atoms with E-state index >= 15 is 0 Å². The van der Waals surface area contributed by atoms with Gasteiger partial charge in [0.2, 0.25) is 5.91 Å². The minimum absolute atomic E-state index is 0.0154. The average Bonchev–Trinajstić information content (AvgIpc) is 3.09. The van der Waals surface area contributed by atoms with E-state index in [4.69, 9.17) is 5.11 Å². The predicted molar refractivity (Wildman–Crippen MR) is 79.4 cm³/mol. The zero-order valence-electron chi connectivity index (χ0n) is 12.0. The summed E-state index contributed by atoms with van der Waals surface area (Å²) in [5.74, 6) is 1.40. The second kappa shape index (κ2) is 7.69. The molecule has 112 valence electrons. The Morgan fingerprint density at radius 2 is 2.30 bits per heavy atom. The highest BCUT2D eigenvalue weighted by atomic mass is 32.2. The van der Waals surface area contributed by atoms with Gasteiger partial charge in [-0.1, -0.05) is 24.6 Å². The number of aliphatic hydroxyl groups is 1. The Labute approximate surface area is 124 Å². The summed E-state index contributed by atoms with van der Waals surface area (Å²) in [7, 11) is 1.91. The average molecular weight is 297 g/mol.